The van der Waals surface area contributed by atoms with Gasteiger partial charge in [0.15, 0.2) is 0 Å². The van der Waals surface area contributed by atoms with Crippen LogP contribution >= 0.6 is 15.2 Å². The summed E-state index contributed by atoms with van der Waals surface area (Å²) in [6, 6.07) is 0. The van der Waals surface area contributed by atoms with Gasteiger partial charge in [-0.25, -0.2) is 0 Å². The van der Waals surface area contributed by atoms with Crippen molar-refractivity contribution >= 4 is 15.2 Å². The van der Waals surface area contributed by atoms with Gasteiger partial charge in [0.25, 0.3) is 0 Å². The first-order valence-corrected chi connectivity index (χ1v) is 11.2. The Kier molecular flexibility index (Phi) is 8.77. The Hall–Kier alpha value is -0.750. The van der Waals surface area contributed by atoms with Crippen LogP contribution in [0.3, 0.4) is 0 Å². The number of hydrogen-bond donors (Lipinski definition) is 4. The molecule has 0 aromatic carbocycles. The number of rotatable bonds is 11. The molecular weight excluding hydrogens is 575 g/mol. The predicted molar refractivity (Wildman–Crippen MR) is 77.7 cm³/mol. The molecule has 206 valence electrons. The van der Waals surface area contributed by atoms with Gasteiger partial charge >= 0.3 is 56.9 Å². The molecule has 0 unspecified atom stereocenters. The minimum Gasteiger partial charge on any atom is -0.324 e. The minimum atomic E-state index is -8.56. The van der Waals surface area contributed by atoms with Crippen LogP contribution in [0.15, 0.2) is 0 Å². The summed E-state index contributed by atoms with van der Waals surface area (Å²) in [5.74, 6) is -48.6. The lowest BCUT2D eigenvalue weighted by molar-refractivity contribution is -0.452. The summed E-state index contributed by atoms with van der Waals surface area (Å²) < 4.78 is 218. The molecule has 0 aromatic rings. The van der Waals surface area contributed by atoms with E-state index < -0.39 is 81.6 Å². The molecule has 6 nitrogen and oxygen atoms in total. The molecule has 0 aliphatic heterocycles. The van der Waals surface area contributed by atoms with Crippen molar-refractivity contribution in [1.29, 1.82) is 0 Å². The summed E-state index contributed by atoms with van der Waals surface area (Å²) in [6.07, 6.45) is -14.8. The van der Waals surface area contributed by atoms with Crippen LogP contribution in [0.1, 0.15) is 12.8 Å². The van der Waals surface area contributed by atoms with E-state index in [1.165, 1.54) is 0 Å². The largest absolute Gasteiger partial charge is 0.460 e. The maximum atomic E-state index is 13.8. The van der Waals surface area contributed by atoms with Gasteiger partial charge in [0.05, 0.1) is 11.8 Å². The van der Waals surface area contributed by atoms with Crippen molar-refractivity contribution in [3.8, 4) is 0 Å². The van der Waals surface area contributed by atoms with Gasteiger partial charge in [-0.1, -0.05) is 0 Å². The highest BCUT2D eigenvalue weighted by Crippen LogP contribution is 2.63. The van der Waals surface area contributed by atoms with Crippen LogP contribution < -0.4 is 0 Å². The van der Waals surface area contributed by atoms with E-state index in [0.29, 0.717) is 0 Å². The predicted octanol–water partition coefficient (Wildman–Crippen LogP) is 4.86. The zero-order chi connectivity index (χ0) is 28.2. The van der Waals surface area contributed by atoms with Gasteiger partial charge in [0, 0.05) is 6.42 Å². The van der Waals surface area contributed by atoms with Crippen molar-refractivity contribution in [1.82, 2.24) is 0 Å². The quantitative estimate of drug-likeness (QED) is 0.203. The molecule has 0 bridgehead atoms. The fraction of sp³-hybridized carbons (Fsp3) is 1.00. The Morgan fingerprint density at radius 3 is 1.18 bits per heavy atom. The van der Waals surface area contributed by atoms with E-state index in [1.807, 2.05) is 0 Å². The van der Waals surface area contributed by atoms with Crippen molar-refractivity contribution in [2.45, 2.75) is 60.2 Å². The average Bonchev–Trinajstić information content (AvgIpc) is 2.54. The number of halogens is 15. The van der Waals surface area contributed by atoms with E-state index in [-0.39, 0.29) is 0 Å². The van der Waals surface area contributed by atoms with Gasteiger partial charge in [0.1, 0.15) is 0 Å². The maximum Gasteiger partial charge on any atom is 0.460 e. The second kappa shape index (κ2) is 8.97. The molecule has 0 spiro atoms. The van der Waals surface area contributed by atoms with Crippen LogP contribution in [-0.4, -0.2) is 73.1 Å². The summed E-state index contributed by atoms with van der Waals surface area (Å²) in [5, 5.41) is 0. The molecule has 0 heterocycles. The van der Waals surface area contributed by atoms with Crippen LogP contribution in [0.2, 0.25) is 0 Å². The minimum absolute atomic E-state index is 1.78. The van der Waals surface area contributed by atoms with E-state index in [4.69, 9.17) is 19.6 Å². The fourth-order valence-electron chi connectivity index (χ4n) is 2.13. The molecule has 23 heteroatoms. The van der Waals surface area contributed by atoms with Crippen molar-refractivity contribution < 1.29 is 94.6 Å². The summed E-state index contributed by atoms with van der Waals surface area (Å²) in [6.45, 7) is 0. The van der Waals surface area contributed by atoms with E-state index in [9.17, 15) is 75.0 Å². The molecule has 0 saturated heterocycles. The lowest BCUT2D eigenvalue weighted by Crippen LogP contribution is -2.72. The Bertz CT molecular complexity index is 829. The summed E-state index contributed by atoms with van der Waals surface area (Å²) in [7, 11) is -11.6. The molecule has 0 radical (unpaired) electrons. The zero-order valence-electron chi connectivity index (χ0n) is 15.4. The van der Waals surface area contributed by atoms with Crippen molar-refractivity contribution in [2.75, 3.05) is 6.16 Å². The zero-order valence-corrected chi connectivity index (χ0v) is 17.2. The van der Waals surface area contributed by atoms with Crippen molar-refractivity contribution in [2.24, 2.45) is 0 Å². The molecule has 0 fully saturated rings. The second-order valence-corrected chi connectivity index (χ2v) is 10.4. The average molecular weight is 586 g/mol. The van der Waals surface area contributed by atoms with Crippen LogP contribution in [0.5, 0.6) is 0 Å². The topological polar surface area (TPSA) is 115 Å². The molecule has 4 N–H and O–H groups in total. The summed E-state index contributed by atoms with van der Waals surface area (Å²) in [5.41, 5.74) is -3.43. The first-order chi connectivity index (χ1) is 14.3. The van der Waals surface area contributed by atoms with Crippen LogP contribution in [0.25, 0.3) is 0 Å². The lowest BCUT2D eigenvalue weighted by Gasteiger charge is -2.42. The van der Waals surface area contributed by atoms with Crippen molar-refractivity contribution in [3.05, 3.63) is 0 Å². The molecular formula is C11H11F15O6P2. The lowest BCUT2D eigenvalue weighted by atomic mass is 9.89. The van der Waals surface area contributed by atoms with Crippen LogP contribution in [-0.2, 0) is 9.13 Å². The highest BCUT2D eigenvalue weighted by Gasteiger charge is 2.93. The Labute approximate surface area is 177 Å². The third-order valence-electron chi connectivity index (χ3n) is 4.11. The van der Waals surface area contributed by atoms with Crippen LogP contribution in [0, 0.1) is 0 Å². The summed E-state index contributed by atoms with van der Waals surface area (Å²) in [4.78, 5) is 34.6. The molecule has 0 aliphatic rings. The Morgan fingerprint density at radius 1 is 0.559 bits per heavy atom. The van der Waals surface area contributed by atoms with Crippen molar-refractivity contribution in [3.63, 3.8) is 0 Å². The highest BCUT2D eigenvalue weighted by molar-refractivity contribution is 7.53. The van der Waals surface area contributed by atoms with Gasteiger partial charge in [-0.3, -0.25) is 9.13 Å². The van der Waals surface area contributed by atoms with E-state index in [0.717, 1.165) is 0 Å². The third-order valence-corrected chi connectivity index (χ3v) is 6.35. The Morgan fingerprint density at radius 2 is 0.882 bits per heavy atom. The molecule has 0 amide bonds. The molecule has 0 aliphatic carbocycles. The normalized spacial score (nSPS) is 17.1. The van der Waals surface area contributed by atoms with Gasteiger partial charge in [-0.05, 0) is 6.42 Å². The smallest absolute Gasteiger partial charge is 0.324 e. The molecule has 1 atom stereocenters. The molecule has 34 heavy (non-hydrogen) atoms. The Balaban J connectivity index is 6.54. The fourth-order valence-corrected chi connectivity index (χ4v) is 3.91. The third kappa shape index (κ3) is 5.79. The molecule has 0 rings (SSSR count). The first kappa shape index (κ1) is 33.2. The van der Waals surface area contributed by atoms with E-state index in [1.54, 1.807) is 0 Å². The van der Waals surface area contributed by atoms with Gasteiger partial charge < -0.3 is 19.6 Å². The van der Waals surface area contributed by atoms with E-state index >= 15 is 0 Å². The number of alkyl halides is 15. The molecule has 0 aromatic heterocycles. The maximum absolute atomic E-state index is 13.8. The first-order valence-electron chi connectivity index (χ1n) is 7.74. The van der Waals surface area contributed by atoms with Crippen LogP contribution in [0.4, 0.5) is 65.9 Å². The second-order valence-electron chi connectivity index (χ2n) is 6.70. The summed E-state index contributed by atoms with van der Waals surface area (Å²) >= 11 is 0. The van der Waals surface area contributed by atoms with E-state index in [2.05, 4.69) is 0 Å². The van der Waals surface area contributed by atoms with Gasteiger partial charge in [-0.2, -0.15) is 65.9 Å². The highest BCUT2D eigenvalue weighted by atomic mass is 31.2. The monoisotopic (exact) mass is 586 g/mol. The van der Waals surface area contributed by atoms with Gasteiger partial charge in [-0.15, -0.1) is 0 Å². The SMILES string of the molecule is O=P(O)(O)CC[C@@H](CC(F)(F)C(F)(F)C(F)(F)C(F)(F)C(F)(F)C(F)(F)C(F)(F)F)P(=O)(O)O. The molecule has 0 saturated carbocycles. The standard InChI is InChI=1S/C11H11F15O6P2/c12-5(13,3-4(34(30,31)32)1-2-33(27,28)29)6(14,15)7(16,17)8(18,19)9(20,21)10(22,23)11(24,25)26/h4H,1-3H2,(H2,27,28,29)(H2,30,31,32)/t4-/m0/s1. The van der Waals surface area contributed by atoms with Gasteiger partial charge in [0.2, 0.25) is 0 Å². The number of hydrogen-bond acceptors (Lipinski definition) is 2.